The van der Waals surface area contributed by atoms with Crippen LogP contribution in [0.3, 0.4) is 0 Å². The molecule has 0 aliphatic carbocycles. The number of amides is 1. The second kappa shape index (κ2) is 9.56. The topological polar surface area (TPSA) is 45.9 Å². The van der Waals surface area contributed by atoms with E-state index < -0.39 is 0 Å². The van der Waals surface area contributed by atoms with Gasteiger partial charge in [0.05, 0.1) is 17.8 Å². The average molecular weight is 445 g/mol. The van der Waals surface area contributed by atoms with Gasteiger partial charge in [-0.25, -0.2) is 0 Å². The van der Waals surface area contributed by atoms with E-state index in [1.165, 1.54) is 0 Å². The highest BCUT2D eigenvalue weighted by atomic mass is 35.5. The molecule has 0 spiro atoms. The number of ether oxygens (including phenoxy) is 1. The maximum Gasteiger partial charge on any atom is 0.253 e. The molecule has 30 heavy (non-hydrogen) atoms. The van der Waals surface area contributed by atoms with Gasteiger partial charge in [-0.2, -0.15) is 0 Å². The van der Waals surface area contributed by atoms with E-state index in [9.17, 15) is 4.79 Å². The summed E-state index contributed by atoms with van der Waals surface area (Å²) in [5.41, 5.74) is 1.56. The van der Waals surface area contributed by atoms with Crippen molar-refractivity contribution in [2.45, 2.75) is 13.2 Å². The summed E-state index contributed by atoms with van der Waals surface area (Å²) in [5, 5.41) is 0.836. The molecule has 2 heterocycles. The number of benzene rings is 2. The minimum absolute atomic E-state index is 0.0373. The third-order valence-corrected chi connectivity index (χ3v) is 5.91. The lowest BCUT2D eigenvalue weighted by atomic mass is 10.1. The van der Waals surface area contributed by atoms with Gasteiger partial charge >= 0.3 is 0 Å². The predicted molar refractivity (Wildman–Crippen MR) is 117 cm³/mol. The van der Waals surface area contributed by atoms with E-state index in [-0.39, 0.29) is 5.91 Å². The molecule has 0 N–H and O–H groups in total. The van der Waals surface area contributed by atoms with E-state index in [1.807, 2.05) is 41.3 Å². The van der Waals surface area contributed by atoms with Crippen LogP contribution in [-0.4, -0.2) is 41.9 Å². The molecular formula is C23H22Cl2N2O3. The SMILES string of the molecule is O=C(c1cccc(COc2cccc(Cl)c2Cl)c1)N1CCN(Cc2ccco2)CC1. The molecule has 0 unspecified atom stereocenters. The molecule has 1 saturated heterocycles. The average Bonchev–Trinajstić information content (AvgIpc) is 3.28. The summed E-state index contributed by atoms with van der Waals surface area (Å²) in [4.78, 5) is 17.1. The lowest BCUT2D eigenvalue weighted by Gasteiger charge is -2.34. The first-order valence-electron chi connectivity index (χ1n) is 9.80. The number of carbonyl (C=O) groups is 1. The zero-order chi connectivity index (χ0) is 20.9. The molecule has 5 nitrogen and oxygen atoms in total. The van der Waals surface area contributed by atoms with Crippen LogP contribution in [0.2, 0.25) is 10.0 Å². The minimum atomic E-state index is 0.0373. The summed E-state index contributed by atoms with van der Waals surface area (Å²) < 4.78 is 11.2. The van der Waals surface area contributed by atoms with Crippen molar-refractivity contribution in [2.75, 3.05) is 26.2 Å². The highest BCUT2D eigenvalue weighted by Crippen LogP contribution is 2.32. The van der Waals surface area contributed by atoms with Gasteiger partial charge in [0, 0.05) is 31.7 Å². The van der Waals surface area contributed by atoms with Crippen molar-refractivity contribution in [1.82, 2.24) is 9.80 Å². The fourth-order valence-corrected chi connectivity index (χ4v) is 3.81. The molecule has 156 valence electrons. The Hall–Kier alpha value is -2.47. The normalized spacial score (nSPS) is 14.7. The molecule has 1 fully saturated rings. The van der Waals surface area contributed by atoms with E-state index in [0.717, 1.165) is 31.0 Å². The van der Waals surface area contributed by atoms with Gasteiger partial charge in [-0.15, -0.1) is 0 Å². The number of carbonyl (C=O) groups excluding carboxylic acids is 1. The quantitative estimate of drug-likeness (QED) is 0.528. The molecule has 1 aliphatic rings. The van der Waals surface area contributed by atoms with Gasteiger partial charge in [-0.3, -0.25) is 9.69 Å². The number of rotatable bonds is 6. The molecule has 0 radical (unpaired) electrons. The van der Waals surface area contributed by atoms with Crippen molar-refractivity contribution in [3.05, 3.63) is 87.8 Å². The van der Waals surface area contributed by atoms with E-state index in [0.29, 0.717) is 41.1 Å². The van der Waals surface area contributed by atoms with Crippen LogP contribution in [0.4, 0.5) is 0 Å². The monoisotopic (exact) mass is 444 g/mol. The number of furan rings is 1. The van der Waals surface area contributed by atoms with Crippen LogP contribution < -0.4 is 4.74 Å². The van der Waals surface area contributed by atoms with Gasteiger partial charge in [0.15, 0.2) is 0 Å². The maximum absolute atomic E-state index is 13.0. The van der Waals surface area contributed by atoms with Crippen LogP contribution in [0.5, 0.6) is 5.75 Å². The van der Waals surface area contributed by atoms with E-state index >= 15 is 0 Å². The molecule has 1 aliphatic heterocycles. The Morgan fingerprint density at radius 1 is 1.00 bits per heavy atom. The van der Waals surface area contributed by atoms with Crippen molar-refractivity contribution in [1.29, 1.82) is 0 Å². The van der Waals surface area contributed by atoms with Crippen LogP contribution >= 0.6 is 23.2 Å². The van der Waals surface area contributed by atoms with Crippen molar-refractivity contribution < 1.29 is 13.9 Å². The number of hydrogen-bond donors (Lipinski definition) is 0. The second-order valence-electron chi connectivity index (χ2n) is 7.19. The van der Waals surface area contributed by atoms with Crippen LogP contribution in [0.1, 0.15) is 21.7 Å². The zero-order valence-electron chi connectivity index (χ0n) is 16.4. The standard InChI is InChI=1S/C23H22Cl2N2O3/c24-20-7-2-8-21(22(20)25)30-16-17-4-1-5-18(14-17)23(28)27-11-9-26(10-12-27)15-19-6-3-13-29-19/h1-8,13-14H,9-12,15-16H2. The second-order valence-corrected chi connectivity index (χ2v) is 7.97. The Labute approximate surface area is 185 Å². The maximum atomic E-state index is 13.0. The summed E-state index contributed by atoms with van der Waals surface area (Å²) >= 11 is 12.2. The Morgan fingerprint density at radius 2 is 1.80 bits per heavy atom. The molecule has 0 saturated carbocycles. The van der Waals surface area contributed by atoms with Crippen LogP contribution in [0, 0.1) is 0 Å². The molecule has 7 heteroatoms. The number of hydrogen-bond acceptors (Lipinski definition) is 4. The third kappa shape index (κ3) is 4.98. The highest BCUT2D eigenvalue weighted by molar-refractivity contribution is 6.42. The van der Waals surface area contributed by atoms with Gasteiger partial charge in [-0.05, 0) is 42.0 Å². The van der Waals surface area contributed by atoms with E-state index in [2.05, 4.69) is 4.90 Å². The third-order valence-electron chi connectivity index (χ3n) is 5.10. The van der Waals surface area contributed by atoms with Gasteiger partial charge in [-0.1, -0.05) is 41.4 Å². The summed E-state index contributed by atoms with van der Waals surface area (Å²) in [6.45, 7) is 4.10. The fraction of sp³-hybridized carbons (Fsp3) is 0.261. The largest absolute Gasteiger partial charge is 0.487 e. The summed E-state index contributed by atoms with van der Waals surface area (Å²) in [6, 6.07) is 16.7. The Kier molecular flexibility index (Phi) is 6.62. The molecule has 1 aromatic heterocycles. The smallest absolute Gasteiger partial charge is 0.253 e. The summed E-state index contributed by atoms with van der Waals surface area (Å²) in [7, 11) is 0. The Balaban J connectivity index is 1.34. The first-order valence-corrected chi connectivity index (χ1v) is 10.6. The summed E-state index contributed by atoms with van der Waals surface area (Å²) in [6.07, 6.45) is 1.69. The molecular weight excluding hydrogens is 423 g/mol. The lowest BCUT2D eigenvalue weighted by Crippen LogP contribution is -2.48. The number of halogens is 2. The summed E-state index contributed by atoms with van der Waals surface area (Å²) in [5.74, 6) is 1.51. The molecule has 2 aromatic carbocycles. The Morgan fingerprint density at radius 3 is 2.57 bits per heavy atom. The molecule has 0 atom stereocenters. The van der Waals surface area contributed by atoms with Crippen LogP contribution in [0.15, 0.2) is 65.3 Å². The highest BCUT2D eigenvalue weighted by Gasteiger charge is 2.22. The first-order chi connectivity index (χ1) is 14.6. The first kappa shape index (κ1) is 20.8. The van der Waals surface area contributed by atoms with Crippen LogP contribution in [-0.2, 0) is 13.2 Å². The fourth-order valence-electron chi connectivity index (χ4n) is 3.47. The lowest BCUT2D eigenvalue weighted by molar-refractivity contribution is 0.0620. The van der Waals surface area contributed by atoms with Crippen molar-refractivity contribution in [3.63, 3.8) is 0 Å². The molecule has 3 aromatic rings. The molecule has 0 bridgehead atoms. The van der Waals surface area contributed by atoms with Gasteiger partial charge in [0.25, 0.3) is 5.91 Å². The zero-order valence-corrected chi connectivity index (χ0v) is 17.9. The minimum Gasteiger partial charge on any atom is -0.487 e. The van der Waals surface area contributed by atoms with Gasteiger partial charge in [0.1, 0.15) is 23.1 Å². The van der Waals surface area contributed by atoms with Crippen LogP contribution in [0.25, 0.3) is 0 Å². The number of nitrogens with zero attached hydrogens (tertiary/aromatic N) is 2. The Bertz CT molecular complexity index is 999. The number of piperazine rings is 1. The molecule has 1 amide bonds. The van der Waals surface area contributed by atoms with Crippen molar-refractivity contribution >= 4 is 29.1 Å². The predicted octanol–water partition coefficient (Wildman–Crippen LogP) is 5.12. The van der Waals surface area contributed by atoms with E-state index in [4.69, 9.17) is 32.4 Å². The molecule has 4 rings (SSSR count). The van der Waals surface area contributed by atoms with E-state index in [1.54, 1.807) is 24.5 Å². The van der Waals surface area contributed by atoms with Gasteiger partial charge in [0.2, 0.25) is 0 Å². The van der Waals surface area contributed by atoms with Crippen molar-refractivity contribution in [2.24, 2.45) is 0 Å². The van der Waals surface area contributed by atoms with Gasteiger partial charge < -0.3 is 14.1 Å². The van der Waals surface area contributed by atoms with Crippen molar-refractivity contribution in [3.8, 4) is 5.75 Å².